The second-order valence-electron chi connectivity index (χ2n) is 5.89. The summed E-state index contributed by atoms with van der Waals surface area (Å²) < 4.78 is 0. The van der Waals surface area contributed by atoms with E-state index < -0.39 is 0 Å². The summed E-state index contributed by atoms with van der Waals surface area (Å²) in [6, 6.07) is 1.58. The van der Waals surface area contributed by atoms with Crippen LogP contribution in [0, 0.1) is 5.41 Å². The molecule has 0 N–H and O–H groups in total. The van der Waals surface area contributed by atoms with Crippen molar-refractivity contribution in [3.05, 3.63) is 0 Å². The first-order chi connectivity index (χ1) is 5.90. The van der Waals surface area contributed by atoms with Crippen LogP contribution in [0.15, 0.2) is 0 Å². The van der Waals surface area contributed by atoms with E-state index in [4.69, 9.17) is 0 Å². The number of rotatable bonds is 2. The normalized spacial score (nSPS) is 25.8. The van der Waals surface area contributed by atoms with Crippen molar-refractivity contribution in [2.45, 2.75) is 66.0 Å². The van der Waals surface area contributed by atoms with Crippen molar-refractivity contribution in [2.75, 3.05) is 6.54 Å². The van der Waals surface area contributed by atoms with Crippen LogP contribution in [-0.2, 0) is 0 Å². The highest BCUT2D eigenvalue weighted by Crippen LogP contribution is 2.30. The fourth-order valence-electron chi connectivity index (χ4n) is 2.46. The Morgan fingerprint density at radius 1 is 1.31 bits per heavy atom. The molecule has 1 heteroatoms. The molecular formula is C12H25N. The van der Waals surface area contributed by atoms with Crippen LogP contribution >= 0.6 is 0 Å². The maximum Gasteiger partial charge on any atom is 0.0103 e. The number of hydrogen-bond donors (Lipinski definition) is 0. The zero-order valence-corrected chi connectivity index (χ0v) is 9.93. The summed E-state index contributed by atoms with van der Waals surface area (Å²) in [5.41, 5.74) is 0.488. The van der Waals surface area contributed by atoms with E-state index in [-0.39, 0.29) is 0 Å². The van der Waals surface area contributed by atoms with Crippen molar-refractivity contribution in [3.8, 4) is 0 Å². The average Bonchev–Trinajstić information content (AvgIpc) is 2.31. The Balaban J connectivity index is 2.49. The second-order valence-corrected chi connectivity index (χ2v) is 5.89. The van der Waals surface area contributed by atoms with Gasteiger partial charge in [0.2, 0.25) is 0 Å². The summed E-state index contributed by atoms with van der Waals surface area (Å²) in [5, 5.41) is 0. The topological polar surface area (TPSA) is 3.24 Å². The highest BCUT2D eigenvalue weighted by Gasteiger charge is 2.29. The maximum absolute atomic E-state index is 2.67. The molecule has 0 aliphatic carbocycles. The molecule has 0 aromatic carbocycles. The molecule has 1 heterocycles. The molecule has 1 aliphatic heterocycles. The van der Waals surface area contributed by atoms with Gasteiger partial charge in [-0.05, 0) is 45.1 Å². The largest absolute Gasteiger partial charge is 0.298 e. The average molecular weight is 183 g/mol. The molecule has 1 nitrogen and oxygen atoms in total. The predicted octanol–water partition coefficient (Wildman–Crippen LogP) is 3.30. The van der Waals surface area contributed by atoms with Crippen LogP contribution in [-0.4, -0.2) is 23.5 Å². The lowest BCUT2D eigenvalue weighted by molar-refractivity contribution is 0.158. The molecule has 0 aromatic rings. The van der Waals surface area contributed by atoms with Gasteiger partial charge in [-0.1, -0.05) is 20.8 Å². The van der Waals surface area contributed by atoms with E-state index in [0.717, 1.165) is 12.1 Å². The van der Waals surface area contributed by atoms with Crippen LogP contribution < -0.4 is 0 Å². The van der Waals surface area contributed by atoms with Crippen molar-refractivity contribution in [2.24, 2.45) is 5.41 Å². The van der Waals surface area contributed by atoms with Gasteiger partial charge in [-0.2, -0.15) is 0 Å². The quantitative estimate of drug-likeness (QED) is 0.635. The van der Waals surface area contributed by atoms with Crippen molar-refractivity contribution < 1.29 is 0 Å². The number of likely N-dealkylation sites (tertiary alicyclic amines) is 1. The molecule has 1 atom stereocenters. The van der Waals surface area contributed by atoms with Gasteiger partial charge in [0, 0.05) is 12.1 Å². The Bertz CT molecular complexity index is 155. The van der Waals surface area contributed by atoms with E-state index >= 15 is 0 Å². The fraction of sp³-hybridized carbons (Fsp3) is 1.00. The predicted molar refractivity (Wildman–Crippen MR) is 58.9 cm³/mol. The first-order valence-electron chi connectivity index (χ1n) is 5.66. The molecule has 78 valence electrons. The molecule has 1 fully saturated rings. The second kappa shape index (κ2) is 4.00. The van der Waals surface area contributed by atoms with Gasteiger partial charge in [-0.15, -0.1) is 0 Å². The van der Waals surface area contributed by atoms with Gasteiger partial charge < -0.3 is 0 Å². The van der Waals surface area contributed by atoms with Gasteiger partial charge in [0.25, 0.3) is 0 Å². The highest BCUT2D eigenvalue weighted by molar-refractivity contribution is 4.84. The summed E-state index contributed by atoms with van der Waals surface area (Å²) in [6.45, 7) is 13.0. The lowest BCUT2D eigenvalue weighted by Gasteiger charge is -2.32. The van der Waals surface area contributed by atoms with Crippen LogP contribution in [0.2, 0.25) is 0 Å². The number of hydrogen-bond acceptors (Lipinski definition) is 1. The molecule has 1 unspecified atom stereocenters. The SMILES string of the molecule is CC(C)N1CCCC1CC(C)(C)C. The van der Waals surface area contributed by atoms with E-state index in [0.29, 0.717) is 5.41 Å². The molecule has 0 radical (unpaired) electrons. The van der Waals surface area contributed by atoms with Gasteiger partial charge in [-0.25, -0.2) is 0 Å². The lowest BCUT2D eigenvalue weighted by Crippen LogP contribution is -2.37. The maximum atomic E-state index is 2.67. The minimum Gasteiger partial charge on any atom is -0.298 e. The summed E-state index contributed by atoms with van der Waals surface area (Å²) in [7, 11) is 0. The number of nitrogens with zero attached hydrogens (tertiary/aromatic N) is 1. The molecule has 1 saturated heterocycles. The monoisotopic (exact) mass is 183 g/mol. The molecule has 1 rings (SSSR count). The van der Waals surface area contributed by atoms with Gasteiger partial charge in [0.15, 0.2) is 0 Å². The van der Waals surface area contributed by atoms with E-state index in [2.05, 4.69) is 39.5 Å². The summed E-state index contributed by atoms with van der Waals surface area (Å²) in [4.78, 5) is 2.67. The first kappa shape index (κ1) is 11.0. The Hall–Kier alpha value is -0.0400. The summed E-state index contributed by atoms with van der Waals surface area (Å²) in [6.07, 6.45) is 4.17. The van der Waals surface area contributed by atoms with E-state index in [9.17, 15) is 0 Å². The minimum atomic E-state index is 0.488. The van der Waals surface area contributed by atoms with Crippen LogP contribution in [0.1, 0.15) is 53.9 Å². The first-order valence-corrected chi connectivity index (χ1v) is 5.66. The summed E-state index contributed by atoms with van der Waals surface area (Å²) >= 11 is 0. The van der Waals surface area contributed by atoms with Crippen molar-refractivity contribution in [3.63, 3.8) is 0 Å². The van der Waals surface area contributed by atoms with E-state index in [1.54, 1.807) is 0 Å². The third-order valence-corrected chi connectivity index (χ3v) is 2.93. The van der Waals surface area contributed by atoms with Gasteiger partial charge in [0.1, 0.15) is 0 Å². The molecule has 13 heavy (non-hydrogen) atoms. The standard InChI is InChI=1S/C12H25N/c1-10(2)13-8-6-7-11(13)9-12(3,4)5/h10-11H,6-9H2,1-5H3. The molecular weight excluding hydrogens is 158 g/mol. The Kier molecular flexibility index (Phi) is 3.39. The lowest BCUT2D eigenvalue weighted by atomic mass is 9.87. The van der Waals surface area contributed by atoms with E-state index in [1.165, 1.54) is 25.8 Å². The molecule has 0 amide bonds. The Labute approximate surface area is 83.5 Å². The molecule has 0 bridgehead atoms. The molecule has 0 aromatic heterocycles. The molecule has 0 saturated carbocycles. The van der Waals surface area contributed by atoms with Crippen molar-refractivity contribution >= 4 is 0 Å². The third kappa shape index (κ3) is 3.30. The van der Waals surface area contributed by atoms with Gasteiger partial charge in [-0.3, -0.25) is 4.90 Å². The highest BCUT2D eigenvalue weighted by atomic mass is 15.2. The van der Waals surface area contributed by atoms with Crippen LogP contribution in [0.5, 0.6) is 0 Å². The fourth-order valence-corrected chi connectivity index (χ4v) is 2.46. The van der Waals surface area contributed by atoms with Crippen LogP contribution in [0.4, 0.5) is 0 Å². The molecule has 0 spiro atoms. The smallest absolute Gasteiger partial charge is 0.0103 e. The summed E-state index contributed by atoms with van der Waals surface area (Å²) in [5.74, 6) is 0. The molecule has 1 aliphatic rings. The van der Waals surface area contributed by atoms with Crippen molar-refractivity contribution in [1.82, 2.24) is 4.90 Å². The Morgan fingerprint density at radius 3 is 2.38 bits per heavy atom. The van der Waals surface area contributed by atoms with Crippen molar-refractivity contribution in [1.29, 1.82) is 0 Å². The van der Waals surface area contributed by atoms with Gasteiger partial charge >= 0.3 is 0 Å². The minimum absolute atomic E-state index is 0.488. The van der Waals surface area contributed by atoms with E-state index in [1.807, 2.05) is 0 Å². The zero-order valence-electron chi connectivity index (χ0n) is 9.93. The van der Waals surface area contributed by atoms with Crippen LogP contribution in [0.3, 0.4) is 0 Å². The zero-order chi connectivity index (χ0) is 10.1. The van der Waals surface area contributed by atoms with Gasteiger partial charge in [0.05, 0.1) is 0 Å². The Morgan fingerprint density at radius 2 is 1.92 bits per heavy atom. The van der Waals surface area contributed by atoms with Crippen LogP contribution in [0.25, 0.3) is 0 Å². The third-order valence-electron chi connectivity index (χ3n) is 2.93.